The lowest BCUT2D eigenvalue weighted by Crippen LogP contribution is -2.38. The van der Waals surface area contributed by atoms with Gasteiger partial charge in [-0.15, -0.1) is 11.3 Å². The molecule has 0 radical (unpaired) electrons. The van der Waals surface area contributed by atoms with Gasteiger partial charge in [0, 0.05) is 19.1 Å². The number of rotatable bonds is 5. The van der Waals surface area contributed by atoms with Crippen molar-refractivity contribution >= 4 is 11.3 Å². The second-order valence-corrected chi connectivity index (χ2v) is 3.48. The molecule has 4 nitrogen and oxygen atoms in total. The Balaban J connectivity index is 2.72. The van der Waals surface area contributed by atoms with Gasteiger partial charge in [-0.05, 0) is 11.4 Å². The Kier molecular flexibility index (Phi) is 4.34. The molecule has 0 bridgehead atoms. The first-order valence-corrected chi connectivity index (χ1v) is 4.76. The third kappa shape index (κ3) is 2.49. The van der Waals surface area contributed by atoms with Gasteiger partial charge in [0.05, 0.1) is 0 Å². The van der Waals surface area contributed by atoms with E-state index in [9.17, 15) is 0 Å². The Morgan fingerprint density at radius 3 is 2.54 bits per heavy atom. The van der Waals surface area contributed by atoms with Crippen LogP contribution < -0.4 is 11.3 Å². The highest BCUT2D eigenvalue weighted by Gasteiger charge is 2.21. The van der Waals surface area contributed by atoms with E-state index >= 15 is 0 Å². The maximum atomic E-state index is 5.41. The molecular weight excluding hydrogens is 188 g/mol. The number of hydrogen-bond acceptors (Lipinski definition) is 5. The van der Waals surface area contributed by atoms with Crippen LogP contribution in [0.2, 0.25) is 0 Å². The molecule has 0 aliphatic heterocycles. The zero-order chi connectivity index (χ0) is 9.68. The summed E-state index contributed by atoms with van der Waals surface area (Å²) in [6, 6.07) is 3.84. The highest BCUT2D eigenvalue weighted by atomic mass is 32.1. The first kappa shape index (κ1) is 10.6. The normalized spacial score (nSPS) is 13.5. The van der Waals surface area contributed by atoms with Crippen LogP contribution in [-0.4, -0.2) is 20.5 Å². The minimum Gasteiger partial charge on any atom is -0.354 e. The van der Waals surface area contributed by atoms with Crippen LogP contribution in [0.3, 0.4) is 0 Å². The van der Waals surface area contributed by atoms with Crippen molar-refractivity contribution in [2.24, 2.45) is 5.84 Å². The topological polar surface area (TPSA) is 56.5 Å². The van der Waals surface area contributed by atoms with Gasteiger partial charge in [0.25, 0.3) is 0 Å². The van der Waals surface area contributed by atoms with Crippen LogP contribution in [0.25, 0.3) is 0 Å². The van der Waals surface area contributed by atoms with E-state index in [4.69, 9.17) is 15.3 Å². The minimum absolute atomic E-state index is 0.116. The summed E-state index contributed by atoms with van der Waals surface area (Å²) in [6.07, 6.45) is -0.358. The number of ether oxygens (including phenoxy) is 2. The van der Waals surface area contributed by atoms with E-state index in [1.54, 1.807) is 25.6 Å². The molecule has 13 heavy (non-hydrogen) atoms. The molecular formula is C8H14N2O2S. The van der Waals surface area contributed by atoms with E-state index in [0.29, 0.717) is 0 Å². The van der Waals surface area contributed by atoms with Crippen LogP contribution in [0.4, 0.5) is 0 Å². The third-order valence-electron chi connectivity index (χ3n) is 1.77. The number of methoxy groups -OCH3 is 2. The molecule has 5 heteroatoms. The summed E-state index contributed by atoms with van der Waals surface area (Å²) in [5, 5.41) is 1.99. The fourth-order valence-electron chi connectivity index (χ4n) is 1.13. The van der Waals surface area contributed by atoms with Crippen LogP contribution in [0.15, 0.2) is 17.5 Å². The lowest BCUT2D eigenvalue weighted by atomic mass is 10.2. The Hall–Kier alpha value is -0.460. The third-order valence-corrected chi connectivity index (χ3v) is 2.72. The molecule has 0 fully saturated rings. The maximum Gasteiger partial charge on any atom is 0.178 e. The maximum absolute atomic E-state index is 5.41. The van der Waals surface area contributed by atoms with Gasteiger partial charge in [-0.2, -0.15) is 0 Å². The molecule has 0 saturated carbocycles. The van der Waals surface area contributed by atoms with Crippen LogP contribution in [-0.2, 0) is 9.47 Å². The lowest BCUT2D eigenvalue weighted by Gasteiger charge is -2.22. The average molecular weight is 202 g/mol. The fourth-order valence-corrected chi connectivity index (χ4v) is 1.93. The van der Waals surface area contributed by atoms with Gasteiger partial charge in [-0.25, -0.2) is 5.43 Å². The number of nitrogens with one attached hydrogen (secondary N) is 1. The molecule has 0 saturated heterocycles. The molecule has 0 spiro atoms. The predicted molar refractivity (Wildman–Crippen MR) is 52.2 cm³/mol. The minimum atomic E-state index is -0.358. The first-order chi connectivity index (χ1) is 6.33. The molecule has 1 aromatic heterocycles. The summed E-state index contributed by atoms with van der Waals surface area (Å²) in [4.78, 5) is 1.09. The van der Waals surface area contributed by atoms with E-state index < -0.39 is 0 Å². The number of hydrazine groups is 1. The molecule has 1 aromatic rings. The summed E-state index contributed by atoms with van der Waals surface area (Å²) >= 11 is 1.61. The monoisotopic (exact) mass is 202 g/mol. The van der Waals surface area contributed by atoms with Crippen molar-refractivity contribution in [3.05, 3.63) is 22.4 Å². The lowest BCUT2D eigenvalue weighted by molar-refractivity contribution is -0.123. The van der Waals surface area contributed by atoms with E-state index in [1.165, 1.54) is 0 Å². The van der Waals surface area contributed by atoms with Gasteiger partial charge < -0.3 is 9.47 Å². The van der Waals surface area contributed by atoms with E-state index in [0.717, 1.165) is 4.88 Å². The molecule has 1 rings (SSSR count). The Morgan fingerprint density at radius 2 is 2.15 bits per heavy atom. The Bertz CT molecular complexity index is 224. The van der Waals surface area contributed by atoms with E-state index in [1.807, 2.05) is 17.5 Å². The quantitative estimate of drug-likeness (QED) is 0.422. The molecule has 74 valence electrons. The van der Waals surface area contributed by atoms with Crippen molar-refractivity contribution in [3.8, 4) is 0 Å². The van der Waals surface area contributed by atoms with Gasteiger partial charge in [0.1, 0.15) is 6.04 Å². The second-order valence-electron chi connectivity index (χ2n) is 2.50. The van der Waals surface area contributed by atoms with Crippen LogP contribution >= 0.6 is 11.3 Å². The molecule has 0 aliphatic rings. The van der Waals surface area contributed by atoms with Crippen LogP contribution in [0.1, 0.15) is 10.9 Å². The molecule has 3 N–H and O–H groups in total. The smallest absolute Gasteiger partial charge is 0.178 e. The SMILES string of the molecule is COC(OC)C(NN)c1cccs1. The van der Waals surface area contributed by atoms with Gasteiger partial charge in [0.2, 0.25) is 0 Å². The van der Waals surface area contributed by atoms with E-state index in [-0.39, 0.29) is 12.3 Å². The molecule has 0 aliphatic carbocycles. The Labute approximate surface area is 81.6 Å². The van der Waals surface area contributed by atoms with Crippen molar-refractivity contribution in [3.63, 3.8) is 0 Å². The largest absolute Gasteiger partial charge is 0.354 e. The van der Waals surface area contributed by atoms with Crippen molar-refractivity contribution in [1.82, 2.24) is 5.43 Å². The highest BCUT2D eigenvalue weighted by Crippen LogP contribution is 2.22. The molecule has 1 unspecified atom stereocenters. The Morgan fingerprint density at radius 1 is 1.46 bits per heavy atom. The number of thiophene rings is 1. The average Bonchev–Trinajstić information content (AvgIpc) is 2.66. The first-order valence-electron chi connectivity index (χ1n) is 3.88. The standard InChI is InChI=1S/C8H14N2O2S/c1-11-8(12-2)7(10-9)6-4-3-5-13-6/h3-5,7-8,10H,9H2,1-2H3. The van der Waals surface area contributed by atoms with Gasteiger partial charge >= 0.3 is 0 Å². The van der Waals surface area contributed by atoms with E-state index in [2.05, 4.69) is 5.43 Å². The fraction of sp³-hybridized carbons (Fsp3) is 0.500. The second kappa shape index (κ2) is 5.31. The summed E-state index contributed by atoms with van der Waals surface area (Å²) in [5.41, 5.74) is 2.67. The zero-order valence-electron chi connectivity index (χ0n) is 7.69. The predicted octanol–water partition coefficient (Wildman–Crippen LogP) is 0.871. The van der Waals surface area contributed by atoms with Crippen LogP contribution in [0, 0.1) is 0 Å². The van der Waals surface area contributed by atoms with Gasteiger partial charge in [-0.1, -0.05) is 6.07 Å². The number of nitrogens with two attached hydrogens (primary N) is 1. The highest BCUT2D eigenvalue weighted by molar-refractivity contribution is 7.10. The molecule has 0 aromatic carbocycles. The van der Waals surface area contributed by atoms with Crippen molar-refractivity contribution in [2.75, 3.05) is 14.2 Å². The summed E-state index contributed by atoms with van der Waals surface area (Å²) in [6.45, 7) is 0. The molecule has 0 amide bonds. The van der Waals surface area contributed by atoms with Crippen molar-refractivity contribution in [1.29, 1.82) is 0 Å². The summed E-state index contributed by atoms with van der Waals surface area (Å²) < 4.78 is 10.2. The molecule has 1 atom stereocenters. The van der Waals surface area contributed by atoms with Gasteiger partial charge in [0.15, 0.2) is 6.29 Å². The molecule has 1 heterocycles. The summed E-state index contributed by atoms with van der Waals surface area (Å²) in [5.74, 6) is 5.41. The van der Waals surface area contributed by atoms with Crippen LogP contribution in [0.5, 0.6) is 0 Å². The van der Waals surface area contributed by atoms with Crippen molar-refractivity contribution in [2.45, 2.75) is 12.3 Å². The summed E-state index contributed by atoms with van der Waals surface area (Å²) in [7, 11) is 3.18. The van der Waals surface area contributed by atoms with Gasteiger partial charge in [-0.3, -0.25) is 5.84 Å². The number of hydrogen-bond donors (Lipinski definition) is 2. The van der Waals surface area contributed by atoms with Crippen molar-refractivity contribution < 1.29 is 9.47 Å². The zero-order valence-corrected chi connectivity index (χ0v) is 8.51.